The van der Waals surface area contributed by atoms with E-state index in [9.17, 15) is 13.5 Å². The molecule has 0 atom stereocenters. The predicted octanol–water partition coefficient (Wildman–Crippen LogP) is 3.93. The molecule has 2 heterocycles. The van der Waals surface area contributed by atoms with Crippen molar-refractivity contribution in [2.45, 2.75) is 24.7 Å². The molecular formula is C20H17N3O3S. The molecule has 1 aromatic heterocycles. The number of aromatic hydroxyl groups is 1. The monoisotopic (exact) mass is 379 g/mol. The third-order valence-corrected chi connectivity index (χ3v) is 6.64. The van der Waals surface area contributed by atoms with Gasteiger partial charge in [-0.2, -0.15) is 0 Å². The van der Waals surface area contributed by atoms with Crippen molar-refractivity contribution in [2.24, 2.45) is 5.92 Å². The Labute approximate surface area is 156 Å². The first kappa shape index (κ1) is 16.3. The number of benzene rings is 2. The van der Waals surface area contributed by atoms with Crippen LogP contribution in [0.3, 0.4) is 0 Å². The van der Waals surface area contributed by atoms with Gasteiger partial charge in [0.15, 0.2) is 0 Å². The molecule has 1 fully saturated rings. The lowest BCUT2D eigenvalue weighted by atomic mass is 10.0. The summed E-state index contributed by atoms with van der Waals surface area (Å²) in [6, 6.07) is 8.53. The molecule has 27 heavy (non-hydrogen) atoms. The number of allylic oxidation sites excluding steroid dienone is 1. The van der Waals surface area contributed by atoms with Gasteiger partial charge in [0.05, 0.1) is 10.4 Å². The number of phenols is 1. The van der Waals surface area contributed by atoms with Crippen LogP contribution in [0.4, 0.5) is 11.5 Å². The topological polar surface area (TPSA) is 92.2 Å². The Bertz CT molecular complexity index is 1240. The highest BCUT2D eigenvalue weighted by Gasteiger charge is 2.36. The number of aromatic nitrogens is 2. The number of nitrogens with one attached hydrogen (secondary N) is 1. The van der Waals surface area contributed by atoms with E-state index in [1.807, 2.05) is 13.0 Å². The first-order chi connectivity index (χ1) is 12.9. The summed E-state index contributed by atoms with van der Waals surface area (Å²) in [5.74, 6) is 0.989. The van der Waals surface area contributed by atoms with Gasteiger partial charge in [0.2, 0.25) is 9.84 Å². The van der Waals surface area contributed by atoms with Crippen molar-refractivity contribution in [3.8, 4) is 5.75 Å². The fourth-order valence-corrected chi connectivity index (χ4v) is 5.07. The predicted molar refractivity (Wildman–Crippen MR) is 104 cm³/mol. The third-order valence-electron chi connectivity index (χ3n) is 5.13. The molecular weight excluding hydrogens is 362 g/mol. The van der Waals surface area contributed by atoms with Crippen molar-refractivity contribution in [2.75, 3.05) is 5.32 Å². The second-order valence-electron chi connectivity index (χ2n) is 7.10. The number of nitrogens with zero attached hydrogens (tertiary/aromatic N) is 2. The first-order valence-corrected chi connectivity index (χ1v) is 10.3. The van der Waals surface area contributed by atoms with E-state index >= 15 is 0 Å². The van der Waals surface area contributed by atoms with Gasteiger partial charge in [-0.1, -0.05) is 6.07 Å². The molecule has 0 amide bonds. The minimum absolute atomic E-state index is 0.142. The van der Waals surface area contributed by atoms with Crippen LogP contribution < -0.4 is 5.32 Å². The Morgan fingerprint density at radius 3 is 2.74 bits per heavy atom. The summed E-state index contributed by atoms with van der Waals surface area (Å²) >= 11 is 0. The number of hydrogen-bond donors (Lipinski definition) is 2. The van der Waals surface area contributed by atoms with E-state index in [0.717, 1.165) is 29.5 Å². The van der Waals surface area contributed by atoms with E-state index in [2.05, 4.69) is 15.3 Å². The summed E-state index contributed by atoms with van der Waals surface area (Å²) in [6.07, 6.45) is 3.53. The maximum absolute atomic E-state index is 12.6. The van der Waals surface area contributed by atoms with Gasteiger partial charge in [-0.05, 0) is 60.6 Å². The minimum atomic E-state index is -3.44. The average molecular weight is 379 g/mol. The summed E-state index contributed by atoms with van der Waals surface area (Å²) in [4.78, 5) is 8.96. The van der Waals surface area contributed by atoms with Crippen molar-refractivity contribution in [3.63, 3.8) is 0 Å². The van der Waals surface area contributed by atoms with Gasteiger partial charge < -0.3 is 10.4 Å². The molecule has 0 radical (unpaired) electrons. The molecule has 5 rings (SSSR count). The Hall–Kier alpha value is -2.93. The van der Waals surface area contributed by atoms with E-state index in [4.69, 9.17) is 0 Å². The van der Waals surface area contributed by atoms with Crippen LogP contribution in [-0.2, 0) is 9.84 Å². The smallest absolute Gasteiger partial charge is 0.200 e. The second-order valence-corrected chi connectivity index (χ2v) is 8.87. The fraction of sp³-hybridized carbons (Fsp3) is 0.200. The Morgan fingerprint density at radius 1 is 1.15 bits per heavy atom. The van der Waals surface area contributed by atoms with Crippen LogP contribution in [0, 0.1) is 12.8 Å². The highest BCUT2D eigenvalue weighted by molar-refractivity contribution is 7.95. The maximum atomic E-state index is 12.6. The first-order valence-electron chi connectivity index (χ1n) is 8.75. The zero-order valence-electron chi connectivity index (χ0n) is 14.6. The Morgan fingerprint density at radius 2 is 1.96 bits per heavy atom. The molecule has 0 spiro atoms. The molecule has 7 heteroatoms. The maximum Gasteiger partial charge on any atom is 0.200 e. The van der Waals surface area contributed by atoms with Crippen LogP contribution in [0.1, 0.15) is 24.0 Å². The number of sulfone groups is 1. The molecule has 0 unspecified atom stereocenters. The highest BCUT2D eigenvalue weighted by atomic mass is 32.2. The number of fused-ring (bicyclic) bond motifs is 2. The van der Waals surface area contributed by atoms with Crippen molar-refractivity contribution in [3.05, 3.63) is 53.2 Å². The van der Waals surface area contributed by atoms with Crippen LogP contribution in [0.5, 0.6) is 5.75 Å². The zero-order chi connectivity index (χ0) is 18.8. The molecule has 0 saturated heterocycles. The lowest BCUT2D eigenvalue weighted by Crippen LogP contribution is -2.00. The van der Waals surface area contributed by atoms with E-state index < -0.39 is 9.84 Å². The molecule has 6 nitrogen and oxygen atoms in total. The summed E-state index contributed by atoms with van der Waals surface area (Å²) in [6.45, 7) is 1.92. The van der Waals surface area contributed by atoms with Gasteiger partial charge >= 0.3 is 0 Å². The van der Waals surface area contributed by atoms with Crippen molar-refractivity contribution < 1.29 is 13.5 Å². The summed E-state index contributed by atoms with van der Waals surface area (Å²) < 4.78 is 25.3. The van der Waals surface area contributed by atoms with Crippen LogP contribution in [0.25, 0.3) is 16.5 Å². The number of hydrogen-bond acceptors (Lipinski definition) is 6. The van der Waals surface area contributed by atoms with Gasteiger partial charge in [-0.3, -0.25) is 0 Å². The molecule has 2 N–H and O–H groups in total. The van der Waals surface area contributed by atoms with E-state index in [1.54, 1.807) is 24.3 Å². The minimum Gasteiger partial charge on any atom is -0.508 e. The van der Waals surface area contributed by atoms with Gasteiger partial charge in [0.1, 0.15) is 17.9 Å². The molecule has 1 aliphatic carbocycles. The molecule has 0 bridgehead atoms. The molecule has 1 saturated carbocycles. The van der Waals surface area contributed by atoms with Crippen LogP contribution in [-0.4, -0.2) is 23.5 Å². The SMILES string of the molecule is Cc1ccc(O)cc1Nc1ncnc2cc3c(cc12)S(=O)(=O)C=C3C1CC1. The van der Waals surface area contributed by atoms with Crippen molar-refractivity contribution in [1.29, 1.82) is 0 Å². The largest absolute Gasteiger partial charge is 0.508 e. The van der Waals surface area contributed by atoms with Gasteiger partial charge in [-0.15, -0.1) is 0 Å². The van der Waals surface area contributed by atoms with Crippen molar-refractivity contribution in [1.82, 2.24) is 9.97 Å². The van der Waals surface area contributed by atoms with Gasteiger partial charge in [0.25, 0.3) is 0 Å². The fourth-order valence-electron chi connectivity index (χ4n) is 3.52. The number of rotatable bonds is 3. The van der Waals surface area contributed by atoms with Crippen molar-refractivity contribution >= 4 is 37.8 Å². The van der Waals surface area contributed by atoms with E-state index in [-0.39, 0.29) is 5.75 Å². The molecule has 2 aliphatic rings. The standard InChI is InChI=1S/C20H17N3O3S/c1-11-2-5-13(24)6-17(11)23-20-15-8-19-14(7-18(15)21-10-22-20)16(12-3-4-12)9-27(19,25)26/h2,5-10,12,24H,3-4H2,1H3,(H,21,22,23). The molecule has 3 aromatic rings. The Kier molecular flexibility index (Phi) is 3.33. The summed E-state index contributed by atoms with van der Waals surface area (Å²) in [7, 11) is -3.44. The van der Waals surface area contributed by atoms with Gasteiger partial charge in [0, 0.05) is 22.5 Å². The third kappa shape index (κ3) is 2.66. The molecule has 136 valence electrons. The van der Waals surface area contributed by atoms with E-state index in [0.29, 0.717) is 33.2 Å². The highest BCUT2D eigenvalue weighted by Crippen LogP contribution is 2.49. The zero-order valence-corrected chi connectivity index (χ0v) is 15.4. The number of anilines is 2. The summed E-state index contributed by atoms with van der Waals surface area (Å²) in [5.41, 5.74) is 4.00. The second kappa shape index (κ2) is 5.53. The van der Waals surface area contributed by atoms with Gasteiger partial charge in [-0.25, -0.2) is 18.4 Å². The van der Waals surface area contributed by atoms with E-state index in [1.165, 1.54) is 11.7 Å². The lowest BCUT2D eigenvalue weighted by molar-refractivity contribution is 0.475. The molecule has 2 aromatic carbocycles. The quantitative estimate of drug-likeness (QED) is 0.716. The normalized spacial score (nSPS) is 17.6. The molecule has 1 aliphatic heterocycles. The Balaban J connectivity index is 1.67. The van der Waals surface area contributed by atoms with Crippen LogP contribution >= 0.6 is 0 Å². The lowest BCUT2D eigenvalue weighted by Gasteiger charge is -2.12. The summed E-state index contributed by atoms with van der Waals surface area (Å²) in [5, 5.41) is 15.0. The average Bonchev–Trinajstić information content (AvgIpc) is 3.43. The van der Waals surface area contributed by atoms with Crippen LogP contribution in [0.15, 0.2) is 47.0 Å². The number of aryl methyl sites for hydroxylation is 1. The number of phenolic OH excluding ortho intramolecular Hbond substituents is 1. The van der Waals surface area contributed by atoms with Crippen LogP contribution in [0.2, 0.25) is 0 Å².